The van der Waals surface area contributed by atoms with Gasteiger partial charge in [-0.25, -0.2) is 14.4 Å². The fourth-order valence-electron chi connectivity index (χ4n) is 6.12. The van der Waals surface area contributed by atoms with Crippen molar-refractivity contribution >= 4 is 22.9 Å². The standard InChI is InChI=1S/C37H33FN6O6/c1-47-27-17-13-25(14-18-27)37(24-11-7-4-8-12-24,26-15-19-28(48-2)20-16-26)49-21-29-32(45)30(38)36(50-29)44-34-31(42-43-44)33(39-22-40-34)41-35(46)23-9-5-3-6-10-23/h3-20,22,29-30,32,36,45H,21H2,1-2H3,(H,39,40,41,46)/t29-,30+,32-,36-/m1/s1. The number of alkyl halides is 1. The maximum Gasteiger partial charge on any atom is 0.256 e. The van der Waals surface area contributed by atoms with E-state index in [4.69, 9.17) is 18.9 Å². The van der Waals surface area contributed by atoms with Crippen molar-refractivity contribution in [1.29, 1.82) is 0 Å². The molecule has 0 spiro atoms. The van der Waals surface area contributed by atoms with E-state index in [1.165, 1.54) is 6.33 Å². The number of carbonyl (C=O) groups is 1. The molecular formula is C37H33FN6O6. The predicted octanol–water partition coefficient (Wildman–Crippen LogP) is 5.10. The number of hydrogen-bond acceptors (Lipinski definition) is 10. The molecule has 0 saturated carbocycles. The van der Waals surface area contributed by atoms with Gasteiger partial charge in [-0.1, -0.05) is 78.0 Å². The van der Waals surface area contributed by atoms with Gasteiger partial charge in [0.2, 0.25) is 0 Å². The monoisotopic (exact) mass is 676 g/mol. The Morgan fingerprint density at radius 3 is 2.04 bits per heavy atom. The Balaban J connectivity index is 1.20. The Morgan fingerprint density at radius 1 is 0.860 bits per heavy atom. The largest absolute Gasteiger partial charge is 0.497 e. The summed E-state index contributed by atoms with van der Waals surface area (Å²) in [6, 6.07) is 33.1. The molecule has 6 aromatic rings. The molecule has 4 aromatic carbocycles. The summed E-state index contributed by atoms with van der Waals surface area (Å²) >= 11 is 0. The van der Waals surface area contributed by atoms with Gasteiger partial charge in [0.1, 0.15) is 35.6 Å². The van der Waals surface area contributed by atoms with E-state index in [1.807, 2.05) is 78.9 Å². The van der Waals surface area contributed by atoms with Crippen LogP contribution in [0, 0.1) is 0 Å². The van der Waals surface area contributed by atoms with Gasteiger partial charge in [-0.3, -0.25) is 4.79 Å². The predicted molar refractivity (Wildman–Crippen MR) is 181 cm³/mol. The third-order valence-corrected chi connectivity index (χ3v) is 8.70. The maximum atomic E-state index is 16.0. The van der Waals surface area contributed by atoms with E-state index in [0.29, 0.717) is 17.1 Å². The third kappa shape index (κ3) is 6.02. The highest BCUT2D eigenvalue weighted by Gasteiger charge is 2.48. The molecule has 2 N–H and O–H groups in total. The van der Waals surface area contributed by atoms with Crippen LogP contribution in [0.15, 0.2) is 116 Å². The Labute approximate surface area is 286 Å². The number of methoxy groups -OCH3 is 2. The SMILES string of the molecule is COc1ccc(C(OC[C@H]2O[C@@H](n3nnc4c(NC(=O)c5ccccc5)ncnc43)[C@@H](F)[C@@H]2O)(c2ccccc2)c2ccc(OC)cc2)cc1. The fourth-order valence-corrected chi connectivity index (χ4v) is 6.12. The van der Waals surface area contributed by atoms with Crippen LogP contribution in [0.2, 0.25) is 0 Å². The zero-order valence-corrected chi connectivity index (χ0v) is 27.1. The molecule has 50 heavy (non-hydrogen) atoms. The second kappa shape index (κ2) is 14.0. The number of fused-ring (bicyclic) bond motifs is 1. The molecule has 0 radical (unpaired) electrons. The number of rotatable bonds is 11. The van der Waals surface area contributed by atoms with Crippen LogP contribution >= 0.6 is 0 Å². The van der Waals surface area contributed by atoms with Gasteiger partial charge in [0, 0.05) is 5.56 Å². The van der Waals surface area contributed by atoms with Crippen LogP contribution in [0.25, 0.3) is 11.2 Å². The van der Waals surface area contributed by atoms with Gasteiger partial charge < -0.3 is 29.4 Å². The van der Waals surface area contributed by atoms with Crippen molar-refractivity contribution in [3.8, 4) is 11.5 Å². The summed E-state index contributed by atoms with van der Waals surface area (Å²) in [5, 5.41) is 22.1. The van der Waals surface area contributed by atoms with E-state index < -0.39 is 36.1 Å². The Bertz CT molecular complexity index is 2020. The highest BCUT2D eigenvalue weighted by Crippen LogP contribution is 2.43. The van der Waals surface area contributed by atoms with E-state index in [2.05, 4.69) is 25.6 Å². The van der Waals surface area contributed by atoms with Crippen LogP contribution in [0.5, 0.6) is 11.5 Å². The van der Waals surface area contributed by atoms with Crippen molar-refractivity contribution in [2.24, 2.45) is 0 Å². The van der Waals surface area contributed by atoms with Gasteiger partial charge in [-0.2, -0.15) is 4.68 Å². The summed E-state index contributed by atoms with van der Waals surface area (Å²) in [7, 11) is 3.18. The quantitative estimate of drug-likeness (QED) is 0.178. The number of carbonyl (C=O) groups excluding carboxylic acids is 1. The lowest BCUT2D eigenvalue weighted by Crippen LogP contribution is -2.39. The molecule has 12 nitrogen and oxygen atoms in total. The summed E-state index contributed by atoms with van der Waals surface area (Å²) in [6.45, 7) is -0.217. The van der Waals surface area contributed by atoms with Crippen molar-refractivity contribution < 1.29 is 33.2 Å². The minimum Gasteiger partial charge on any atom is -0.497 e. The summed E-state index contributed by atoms with van der Waals surface area (Å²) in [4.78, 5) is 21.2. The molecule has 0 aliphatic carbocycles. The van der Waals surface area contributed by atoms with E-state index in [1.54, 1.807) is 44.6 Å². The number of nitrogens with zero attached hydrogens (tertiary/aromatic N) is 5. The number of ether oxygens (including phenoxy) is 4. The van der Waals surface area contributed by atoms with Crippen molar-refractivity contribution in [1.82, 2.24) is 25.0 Å². The summed E-state index contributed by atoms with van der Waals surface area (Å²) in [5.41, 5.74) is 1.76. The topological polar surface area (TPSA) is 143 Å². The van der Waals surface area contributed by atoms with Crippen molar-refractivity contribution in [3.63, 3.8) is 0 Å². The number of halogens is 1. The number of aliphatic hydroxyl groups is 1. The number of hydrogen-bond donors (Lipinski definition) is 2. The smallest absolute Gasteiger partial charge is 0.256 e. The Morgan fingerprint density at radius 2 is 1.44 bits per heavy atom. The molecule has 254 valence electrons. The maximum absolute atomic E-state index is 16.0. The first-order chi connectivity index (χ1) is 24.4. The fraction of sp³-hybridized carbons (Fsp3) is 0.216. The number of nitrogens with one attached hydrogen (secondary N) is 1. The van der Waals surface area contributed by atoms with E-state index in [-0.39, 0.29) is 23.6 Å². The second-order valence-electron chi connectivity index (χ2n) is 11.6. The molecule has 13 heteroatoms. The molecule has 1 aliphatic heterocycles. The highest BCUT2D eigenvalue weighted by atomic mass is 19.1. The first-order valence-electron chi connectivity index (χ1n) is 15.8. The van der Waals surface area contributed by atoms with Crippen LogP contribution in [0.4, 0.5) is 10.2 Å². The van der Waals surface area contributed by atoms with Gasteiger partial charge in [0.15, 0.2) is 29.4 Å². The van der Waals surface area contributed by atoms with E-state index in [9.17, 15) is 9.90 Å². The second-order valence-corrected chi connectivity index (χ2v) is 11.6. The Kier molecular flexibility index (Phi) is 9.17. The van der Waals surface area contributed by atoms with Crippen LogP contribution in [0.3, 0.4) is 0 Å². The molecule has 2 aromatic heterocycles. The molecule has 1 fully saturated rings. The lowest BCUT2D eigenvalue weighted by atomic mass is 9.80. The number of aromatic nitrogens is 5. The van der Waals surface area contributed by atoms with Crippen molar-refractivity contribution in [2.45, 2.75) is 30.2 Å². The van der Waals surface area contributed by atoms with Gasteiger partial charge >= 0.3 is 0 Å². The number of aliphatic hydroxyl groups excluding tert-OH is 1. The molecule has 0 bridgehead atoms. The van der Waals surface area contributed by atoms with Gasteiger partial charge in [-0.05, 0) is 53.1 Å². The first-order valence-corrected chi connectivity index (χ1v) is 15.8. The van der Waals surface area contributed by atoms with E-state index in [0.717, 1.165) is 21.4 Å². The molecular weight excluding hydrogens is 643 g/mol. The number of anilines is 1. The normalized spacial score (nSPS) is 19.0. The van der Waals surface area contributed by atoms with E-state index >= 15 is 4.39 Å². The molecule has 7 rings (SSSR count). The van der Waals surface area contributed by atoms with Crippen LogP contribution in [-0.2, 0) is 15.1 Å². The van der Waals surface area contributed by atoms with Gasteiger partial charge in [-0.15, -0.1) is 5.10 Å². The molecule has 0 unspecified atom stereocenters. The highest BCUT2D eigenvalue weighted by molar-refractivity contribution is 6.06. The van der Waals surface area contributed by atoms with Crippen LogP contribution in [-0.4, -0.2) is 75.2 Å². The number of amides is 1. The minimum atomic E-state index is -1.92. The van der Waals surface area contributed by atoms with Crippen molar-refractivity contribution in [3.05, 3.63) is 138 Å². The summed E-state index contributed by atoms with van der Waals surface area (Å²) in [6.07, 6.45) is -4.81. The molecule has 1 amide bonds. The molecule has 1 saturated heterocycles. The molecule has 1 aliphatic rings. The summed E-state index contributed by atoms with van der Waals surface area (Å²) < 4.78 is 40.9. The zero-order valence-electron chi connectivity index (χ0n) is 27.1. The Hall–Kier alpha value is -5.76. The zero-order chi connectivity index (χ0) is 34.7. The van der Waals surface area contributed by atoms with Crippen LogP contribution < -0.4 is 14.8 Å². The van der Waals surface area contributed by atoms with Crippen LogP contribution in [0.1, 0.15) is 33.3 Å². The summed E-state index contributed by atoms with van der Waals surface area (Å²) in [5.74, 6) is 1.00. The minimum absolute atomic E-state index is 0.0931. The average molecular weight is 677 g/mol. The number of benzene rings is 4. The lowest BCUT2D eigenvalue weighted by molar-refractivity contribution is -0.0959. The van der Waals surface area contributed by atoms with Crippen molar-refractivity contribution in [2.75, 3.05) is 26.1 Å². The molecule has 3 heterocycles. The average Bonchev–Trinajstić information content (AvgIpc) is 3.73. The van der Waals surface area contributed by atoms with Gasteiger partial charge in [0.05, 0.1) is 20.8 Å². The first kappa shape index (κ1) is 32.8. The van der Waals surface area contributed by atoms with Gasteiger partial charge in [0.25, 0.3) is 5.91 Å². The molecule has 4 atom stereocenters. The third-order valence-electron chi connectivity index (χ3n) is 8.70. The lowest BCUT2D eigenvalue weighted by Gasteiger charge is -2.37.